The van der Waals surface area contributed by atoms with Crippen LogP contribution in [0.25, 0.3) is 33.9 Å². The third-order valence-electron chi connectivity index (χ3n) is 9.00. The first-order valence-corrected chi connectivity index (χ1v) is 16.4. The summed E-state index contributed by atoms with van der Waals surface area (Å²) in [5, 5.41) is 10.9. The van der Waals surface area contributed by atoms with Crippen molar-refractivity contribution in [1.29, 1.82) is 0 Å². The largest absolute Gasteiger partial charge is 1.00 e. The molecule has 0 bridgehead atoms. The van der Waals surface area contributed by atoms with E-state index < -0.39 is 17.8 Å². The summed E-state index contributed by atoms with van der Waals surface area (Å²) in [6.07, 6.45) is 0.340. The van der Waals surface area contributed by atoms with Crippen molar-refractivity contribution in [3.8, 4) is 22.8 Å². The second-order valence-corrected chi connectivity index (χ2v) is 13.9. The third-order valence-corrected chi connectivity index (χ3v) is 9.00. The normalized spacial score (nSPS) is 17.2. The molecule has 2 aliphatic rings. The van der Waals surface area contributed by atoms with Crippen molar-refractivity contribution in [1.82, 2.24) is 34.8 Å². The smallest absolute Gasteiger partial charge is 0.550 e. The summed E-state index contributed by atoms with van der Waals surface area (Å²) in [7, 11) is 3.58. The number of aromatic nitrogens is 6. The van der Waals surface area contributed by atoms with E-state index in [1.165, 1.54) is 0 Å². The van der Waals surface area contributed by atoms with Gasteiger partial charge in [-0.25, -0.2) is 24.9 Å². The fourth-order valence-corrected chi connectivity index (χ4v) is 6.56. The molecule has 0 aromatic carbocycles. The minimum atomic E-state index is -4.60. The molecule has 1 N–H and O–H groups in total. The molecule has 1 saturated carbocycles. The summed E-state index contributed by atoms with van der Waals surface area (Å²) < 4.78 is 47.3. The van der Waals surface area contributed by atoms with E-state index in [0.29, 0.717) is 84.8 Å². The predicted molar refractivity (Wildman–Crippen MR) is 177 cm³/mol. The van der Waals surface area contributed by atoms with Crippen molar-refractivity contribution >= 4 is 28.6 Å². The Morgan fingerprint density at radius 3 is 2.46 bits per heavy atom. The molecule has 1 saturated heterocycles. The third kappa shape index (κ3) is 8.73. The maximum absolute atomic E-state index is 13.9. The summed E-state index contributed by atoms with van der Waals surface area (Å²) in [6.45, 7) is 9.80. The van der Waals surface area contributed by atoms with Crippen molar-refractivity contribution in [2.45, 2.75) is 58.2 Å². The Bertz CT molecular complexity index is 1820. The van der Waals surface area contributed by atoms with Crippen LogP contribution in [0.5, 0.6) is 0 Å². The zero-order chi connectivity index (χ0) is 35.1. The number of carbonyl (C=O) groups is 1. The van der Waals surface area contributed by atoms with Crippen molar-refractivity contribution in [3.63, 3.8) is 0 Å². The average molecular weight is 704 g/mol. The summed E-state index contributed by atoms with van der Waals surface area (Å²) in [5.74, 6) is 0.0753. The summed E-state index contributed by atoms with van der Waals surface area (Å²) >= 11 is 0. The predicted octanol–water partition coefficient (Wildman–Crippen LogP) is 1.14. The van der Waals surface area contributed by atoms with Gasteiger partial charge in [0.2, 0.25) is 0 Å². The van der Waals surface area contributed by atoms with Gasteiger partial charge in [0.1, 0.15) is 22.7 Å². The fourth-order valence-electron chi connectivity index (χ4n) is 6.56. The maximum Gasteiger partial charge on any atom is 1.00 e. The van der Waals surface area contributed by atoms with Gasteiger partial charge in [0.25, 0.3) is 0 Å². The first-order valence-electron chi connectivity index (χ1n) is 16.4. The number of ether oxygens (including phenoxy) is 1. The van der Waals surface area contributed by atoms with E-state index in [1.54, 1.807) is 31.6 Å². The van der Waals surface area contributed by atoms with Crippen LogP contribution in [0.1, 0.15) is 57.3 Å². The molecule has 0 radical (unpaired) electrons. The molecule has 4 aromatic heterocycles. The monoisotopic (exact) mass is 703 g/mol. The number of halogens is 3. The number of aliphatic carboxylic acids is 1. The molecular formula is C34H41F3N9NaO3. The number of piperazine rings is 1. The second-order valence-electron chi connectivity index (χ2n) is 13.9. The van der Waals surface area contributed by atoms with Crippen molar-refractivity contribution < 1.29 is 57.4 Å². The van der Waals surface area contributed by atoms with Crippen LogP contribution in [0.2, 0.25) is 0 Å². The van der Waals surface area contributed by atoms with Crippen molar-refractivity contribution in [2.75, 3.05) is 63.3 Å². The molecule has 50 heavy (non-hydrogen) atoms. The van der Waals surface area contributed by atoms with Gasteiger partial charge in [-0.1, -0.05) is 13.8 Å². The molecule has 6 rings (SSSR count). The molecule has 0 spiro atoms. The van der Waals surface area contributed by atoms with Crippen LogP contribution >= 0.6 is 0 Å². The van der Waals surface area contributed by atoms with Gasteiger partial charge in [-0.05, 0) is 44.4 Å². The van der Waals surface area contributed by atoms with E-state index in [9.17, 15) is 23.1 Å². The van der Waals surface area contributed by atoms with Crippen molar-refractivity contribution in [3.05, 3.63) is 42.0 Å². The molecule has 1 aliphatic carbocycles. The molecule has 262 valence electrons. The molecule has 16 heteroatoms. The maximum atomic E-state index is 13.9. The number of anilines is 2. The van der Waals surface area contributed by atoms with E-state index >= 15 is 0 Å². The second kappa shape index (κ2) is 15.1. The Labute approximate surface area is 311 Å². The number of imidazole rings is 1. The molecule has 5 heterocycles. The van der Waals surface area contributed by atoms with Crippen LogP contribution in [0.4, 0.5) is 24.7 Å². The minimum absolute atomic E-state index is 0. The first kappa shape index (κ1) is 37.9. The van der Waals surface area contributed by atoms with Gasteiger partial charge >= 0.3 is 35.7 Å². The van der Waals surface area contributed by atoms with Gasteiger partial charge in [-0.2, -0.15) is 13.2 Å². The zero-order valence-electron chi connectivity index (χ0n) is 29.3. The van der Waals surface area contributed by atoms with E-state index in [2.05, 4.69) is 50.5 Å². The quantitative estimate of drug-likeness (QED) is 0.213. The number of nitrogens with zero attached hydrogens (tertiary/aromatic N) is 8. The van der Waals surface area contributed by atoms with E-state index in [0.717, 1.165) is 24.6 Å². The Morgan fingerprint density at radius 1 is 1.08 bits per heavy atom. The van der Waals surface area contributed by atoms with Crippen LogP contribution < -0.4 is 44.5 Å². The number of carbonyl (C=O) groups excluding carboxylic acids is 1. The van der Waals surface area contributed by atoms with E-state index in [-0.39, 0.29) is 53.4 Å². The molecule has 1 aliphatic heterocycles. The van der Waals surface area contributed by atoms with Crippen molar-refractivity contribution in [2.24, 2.45) is 5.41 Å². The van der Waals surface area contributed by atoms with Gasteiger partial charge in [0.05, 0.1) is 30.4 Å². The van der Waals surface area contributed by atoms with Gasteiger partial charge in [-0.15, -0.1) is 0 Å². The molecule has 4 aromatic rings. The number of alkyl halides is 3. The number of H-pyrrole nitrogens is 1. The number of pyridine rings is 2. The molecule has 2 fully saturated rings. The van der Waals surface area contributed by atoms with Gasteiger partial charge in [0.15, 0.2) is 11.5 Å². The van der Waals surface area contributed by atoms with E-state index in [1.807, 2.05) is 11.9 Å². The average Bonchev–Trinajstić information content (AvgIpc) is 3.81. The Kier molecular flexibility index (Phi) is 11.4. The van der Waals surface area contributed by atoms with Crippen LogP contribution in [0.3, 0.4) is 0 Å². The van der Waals surface area contributed by atoms with Gasteiger partial charge in [0, 0.05) is 81.5 Å². The number of fused-ring (bicyclic) bond motifs is 1. The standard InChI is InChI=1S/C34H42F3N9O3.Na/c1-20-17-45(9-8-29(47)48)10-11-46(20)28-16-38-25(15-39-28)31-42-30-26(44(4)18-33(2,3)19-49-5)14-24(41-32(30)43-31)22-12-23(21-6-7-21)40-27(13-22)34(35,36)37;/h12-16,20-21H,6-11,17-19H2,1-5H3,(H,47,48)(H,41,42,43);/q;+1/p-1/t20-;/m1./s1. The summed E-state index contributed by atoms with van der Waals surface area (Å²) in [5.41, 5.74) is 2.11. The number of rotatable bonds is 12. The van der Waals surface area contributed by atoms with Gasteiger partial charge in [-0.3, -0.25) is 4.90 Å². The van der Waals surface area contributed by atoms with Crippen LogP contribution in [0, 0.1) is 5.41 Å². The number of carboxylic acids is 1. The molecule has 12 nitrogen and oxygen atoms in total. The molecular weight excluding hydrogens is 662 g/mol. The van der Waals surface area contributed by atoms with E-state index in [4.69, 9.17) is 14.7 Å². The minimum Gasteiger partial charge on any atom is -0.550 e. The Hall–Kier alpha value is -3.37. The Balaban J connectivity index is 0.00000486. The fraction of sp³-hybridized carbons (Fsp3) is 0.529. The Morgan fingerprint density at radius 2 is 1.84 bits per heavy atom. The van der Waals surface area contributed by atoms with Gasteiger partial charge < -0.3 is 29.4 Å². The SMILES string of the molecule is COCC(C)(C)CN(C)c1cc(-c2cc(C3CC3)nc(C(F)(F)F)c2)nc2nc(-c3cnc(N4CCN(CCC(=O)[O-])C[C@H]4C)cn3)[nH]c12.[Na+]. The molecule has 0 amide bonds. The number of carboxylic acid groups (broad SMARTS) is 1. The topological polar surface area (TPSA) is 139 Å². The number of hydrogen-bond donors (Lipinski definition) is 1. The van der Waals surface area contributed by atoms with Crippen LogP contribution in [-0.2, 0) is 15.7 Å². The zero-order valence-corrected chi connectivity index (χ0v) is 31.3. The summed E-state index contributed by atoms with van der Waals surface area (Å²) in [6, 6.07) is 4.65. The molecule has 0 unspecified atom stereocenters. The van der Waals surface area contributed by atoms with Crippen LogP contribution in [0.15, 0.2) is 30.6 Å². The van der Waals surface area contributed by atoms with Crippen LogP contribution in [-0.4, -0.2) is 100 Å². The molecule has 1 atom stereocenters. The number of nitrogens with one attached hydrogen (secondary N) is 1. The summed E-state index contributed by atoms with van der Waals surface area (Å²) in [4.78, 5) is 43.3. The number of methoxy groups -OCH3 is 1. The number of hydrogen-bond acceptors (Lipinski definition) is 11. The number of aromatic amines is 1. The first-order chi connectivity index (χ1) is 23.2.